The van der Waals surface area contributed by atoms with Gasteiger partial charge in [0, 0.05) is 49.8 Å². The van der Waals surface area contributed by atoms with Gasteiger partial charge in [-0.15, -0.1) is 0 Å². The molecule has 0 saturated carbocycles. The molecule has 1 amide bonds. The molecule has 0 bridgehead atoms. The van der Waals surface area contributed by atoms with Crippen LogP contribution in [0.3, 0.4) is 0 Å². The highest BCUT2D eigenvalue weighted by molar-refractivity contribution is 9.10. The summed E-state index contributed by atoms with van der Waals surface area (Å²) in [6.07, 6.45) is 0. The summed E-state index contributed by atoms with van der Waals surface area (Å²) in [6, 6.07) is 6.48. The van der Waals surface area contributed by atoms with Crippen LogP contribution >= 0.6 is 15.9 Å². The van der Waals surface area contributed by atoms with Crippen LogP contribution < -0.4 is 16.0 Å². The van der Waals surface area contributed by atoms with Crippen LogP contribution in [0.25, 0.3) is 0 Å². The fourth-order valence-electron chi connectivity index (χ4n) is 2.88. The highest BCUT2D eigenvalue weighted by Gasteiger charge is 2.28. The van der Waals surface area contributed by atoms with Gasteiger partial charge in [0.1, 0.15) is 0 Å². The van der Waals surface area contributed by atoms with Gasteiger partial charge in [0.15, 0.2) is 0 Å². The van der Waals surface area contributed by atoms with Gasteiger partial charge in [0.25, 0.3) is 5.91 Å². The number of amides is 1. The van der Waals surface area contributed by atoms with E-state index in [1.807, 2.05) is 18.2 Å². The number of benzene rings is 1. The second kappa shape index (κ2) is 5.71. The number of nitrogens with one attached hydrogen (secondary N) is 1. The Balaban J connectivity index is 1.74. The summed E-state index contributed by atoms with van der Waals surface area (Å²) in [5, 5.41) is 3.31. The SMILES string of the molecule is NC(=O)c1c(Br)cccc1N1CCN(C2CNC2)CC1. The van der Waals surface area contributed by atoms with Crippen LogP contribution in [0.1, 0.15) is 10.4 Å². The van der Waals surface area contributed by atoms with Crippen molar-refractivity contribution in [1.29, 1.82) is 0 Å². The van der Waals surface area contributed by atoms with Crippen molar-refractivity contribution in [2.75, 3.05) is 44.2 Å². The molecule has 0 atom stereocenters. The molecule has 2 aliphatic heterocycles. The first-order valence-electron chi connectivity index (χ1n) is 6.95. The monoisotopic (exact) mass is 338 g/mol. The van der Waals surface area contributed by atoms with E-state index in [0.29, 0.717) is 11.6 Å². The van der Waals surface area contributed by atoms with Gasteiger partial charge in [-0.25, -0.2) is 0 Å². The van der Waals surface area contributed by atoms with Crippen molar-refractivity contribution in [1.82, 2.24) is 10.2 Å². The average molecular weight is 339 g/mol. The first-order chi connectivity index (χ1) is 9.66. The number of hydrogen-bond donors (Lipinski definition) is 2. The van der Waals surface area contributed by atoms with Crippen LogP contribution in [0.2, 0.25) is 0 Å². The molecule has 0 spiro atoms. The Bertz CT molecular complexity index is 510. The lowest BCUT2D eigenvalue weighted by molar-refractivity contribution is 0.0999. The molecule has 3 rings (SSSR count). The third-order valence-corrected chi connectivity index (χ3v) is 4.83. The van der Waals surface area contributed by atoms with Crippen molar-refractivity contribution in [3.05, 3.63) is 28.2 Å². The molecule has 108 valence electrons. The van der Waals surface area contributed by atoms with Crippen molar-refractivity contribution in [3.63, 3.8) is 0 Å². The summed E-state index contributed by atoms with van der Waals surface area (Å²) in [4.78, 5) is 16.4. The lowest BCUT2D eigenvalue weighted by atomic mass is 10.1. The molecule has 0 aromatic heterocycles. The van der Waals surface area contributed by atoms with E-state index in [1.165, 1.54) is 0 Å². The third kappa shape index (κ3) is 2.55. The molecule has 6 heteroatoms. The van der Waals surface area contributed by atoms with Crippen molar-refractivity contribution in [3.8, 4) is 0 Å². The van der Waals surface area contributed by atoms with Gasteiger partial charge in [-0.05, 0) is 28.1 Å². The van der Waals surface area contributed by atoms with E-state index in [9.17, 15) is 4.79 Å². The smallest absolute Gasteiger partial charge is 0.251 e. The van der Waals surface area contributed by atoms with Gasteiger partial charge in [0.05, 0.1) is 11.3 Å². The normalized spacial score (nSPS) is 20.8. The van der Waals surface area contributed by atoms with Gasteiger partial charge < -0.3 is 16.0 Å². The van der Waals surface area contributed by atoms with Gasteiger partial charge in [-0.1, -0.05) is 6.07 Å². The molecule has 0 unspecified atom stereocenters. The van der Waals surface area contributed by atoms with Gasteiger partial charge in [0.2, 0.25) is 0 Å². The number of carbonyl (C=O) groups is 1. The van der Waals surface area contributed by atoms with Crippen molar-refractivity contribution in [2.45, 2.75) is 6.04 Å². The van der Waals surface area contributed by atoms with Gasteiger partial charge in [-0.2, -0.15) is 0 Å². The van der Waals surface area contributed by atoms with E-state index in [-0.39, 0.29) is 5.91 Å². The van der Waals surface area contributed by atoms with Crippen LogP contribution in [0, 0.1) is 0 Å². The predicted molar refractivity (Wildman–Crippen MR) is 83.1 cm³/mol. The van der Waals surface area contributed by atoms with Crippen LogP contribution in [-0.4, -0.2) is 56.1 Å². The molecule has 2 aliphatic rings. The number of nitrogens with zero attached hydrogens (tertiary/aromatic N) is 2. The minimum absolute atomic E-state index is 0.377. The molecule has 0 radical (unpaired) electrons. The topological polar surface area (TPSA) is 61.6 Å². The molecular formula is C14H19BrN4O. The third-order valence-electron chi connectivity index (χ3n) is 4.17. The number of halogens is 1. The van der Waals surface area contributed by atoms with E-state index >= 15 is 0 Å². The molecule has 1 aromatic carbocycles. The maximum absolute atomic E-state index is 11.7. The second-order valence-corrected chi connectivity index (χ2v) is 6.19. The van der Waals surface area contributed by atoms with E-state index in [1.54, 1.807) is 0 Å². The fourth-order valence-corrected chi connectivity index (χ4v) is 3.43. The lowest BCUT2D eigenvalue weighted by Crippen LogP contribution is -2.61. The summed E-state index contributed by atoms with van der Waals surface area (Å²) in [7, 11) is 0. The first kappa shape index (κ1) is 13.9. The Hall–Kier alpha value is -1.11. The molecule has 0 aliphatic carbocycles. The zero-order valence-electron chi connectivity index (χ0n) is 11.3. The highest BCUT2D eigenvalue weighted by Crippen LogP contribution is 2.28. The Labute approximate surface area is 127 Å². The van der Waals surface area contributed by atoms with E-state index in [2.05, 4.69) is 31.0 Å². The number of nitrogens with two attached hydrogens (primary N) is 1. The number of rotatable bonds is 3. The molecule has 2 heterocycles. The fraction of sp³-hybridized carbons (Fsp3) is 0.500. The van der Waals surface area contributed by atoms with Crippen LogP contribution in [-0.2, 0) is 0 Å². The Kier molecular flexibility index (Phi) is 3.96. The summed E-state index contributed by atoms with van der Waals surface area (Å²) in [5.74, 6) is -0.377. The minimum atomic E-state index is -0.377. The average Bonchev–Trinajstić information content (AvgIpc) is 2.37. The van der Waals surface area contributed by atoms with E-state index < -0.39 is 0 Å². The summed E-state index contributed by atoms with van der Waals surface area (Å²) in [6.45, 7) is 6.15. The van der Waals surface area contributed by atoms with Crippen LogP contribution in [0.15, 0.2) is 22.7 Å². The molecule has 20 heavy (non-hydrogen) atoms. The Morgan fingerprint density at radius 1 is 1.25 bits per heavy atom. The molecule has 3 N–H and O–H groups in total. The maximum Gasteiger partial charge on any atom is 0.251 e. The van der Waals surface area contributed by atoms with Crippen molar-refractivity contribution in [2.24, 2.45) is 5.73 Å². The highest BCUT2D eigenvalue weighted by atomic mass is 79.9. The number of piperazine rings is 1. The number of primary amides is 1. The molecule has 5 nitrogen and oxygen atoms in total. The number of anilines is 1. The zero-order valence-corrected chi connectivity index (χ0v) is 12.9. The minimum Gasteiger partial charge on any atom is -0.368 e. The Morgan fingerprint density at radius 2 is 1.95 bits per heavy atom. The molecular weight excluding hydrogens is 320 g/mol. The predicted octanol–water partition coefficient (Wildman–Crippen LogP) is 0.642. The van der Waals surface area contributed by atoms with E-state index in [4.69, 9.17) is 5.73 Å². The number of hydrogen-bond acceptors (Lipinski definition) is 4. The maximum atomic E-state index is 11.7. The summed E-state index contributed by atoms with van der Waals surface area (Å²) >= 11 is 3.42. The Morgan fingerprint density at radius 3 is 2.50 bits per heavy atom. The van der Waals surface area contributed by atoms with Gasteiger partial charge >= 0.3 is 0 Å². The molecule has 2 saturated heterocycles. The first-order valence-corrected chi connectivity index (χ1v) is 7.74. The molecule has 2 fully saturated rings. The van der Waals surface area contributed by atoms with Crippen LogP contribution in [0.4, 0.5) is 5.69 Å². The second-order valence-electron chi connectivity index (χ2n) is 5.33. The molecule has 1 aromatic rings. The zero-order chi connectivity index (χ0) is 14.1. The number of carbonyl (C=O) groups excluding carboxylic acids is 1. The standard InChI is InChI=1S/C14H19BrN4O/c15-11-2-1-3-12(13(11)14(16)20)19-6-4-18(5-7-19)10-8-17-9-10/h1-3,10,17H,4-9H2,(H2,16,20). The van der Waals surface area contributed by atoms with Crippen LogP contribution in [0.5, 0.6) is 0 Å². The van der Waals surface area contributed by atoms with E-state index in [0.717, 1.165) is 49.4 Å². The quantitative estimate of drug-likeness (QED) is 0.849. The largest absolute Gasteiger partial charge is 0.368 e. The lowest BCUT2D eigenvalue weighted by Gasteiger charge is -2.44. The van der Waals surface area contributed by atoms with Gasteiger partial charge in [-0.3, -0.25) is 9.69 Å². The summed E-state index contributed by atoms with van der Waals surface area (Å²) in [5.41, 5.74) is 7.05. The van der Waals surface area contributed by atoms with Crippen molar-refractivity contribution >= 4 is 27.5 Å². The van der Waals surface area contributed by atoms with Crippen molar-refractivity contribution < 1.29 is 4.79 Å². The summed E-state index contributed by atoms with van der Waals surface area (Å²) < 4.78 is 0.771.